The molecule has 2 aromatic rings. The van der Waals surface area contributed by atoms with Gasteiger partial charge in [-0.25, -0.2) is 0 Å². The van der Waals surface area contributed by atoms with E-state index in [-0.39, 0.29) is 31.1 Å². The molecule has 2 aliphatic heterocycles. The van der Waals surface area contributed by atoms with Crippen molar-refractivity contribution >= 4 is 18.1 Å². The van der Waals surface area contributed by atoms with Crippen LogP contribution in [0.2, 0.25) is 0 Å². The predicted octanol–water partition coefficient (Wildman–Crippen LogP) is 0.890. The second kappa shape index (κ2) is 12.7. The van der Waals surface area contributed by atoms with Crippen LogP contribution >= 0.6 is 0 Å². The number of pyridine rings is 2. The smallest absolute Gasteiger partial charge is 0.290 e. The van der Waals surface area contributed by atoms with Crippen molar-refractivity contribution in [3.63, 3.8) is 0 Å². The van der Waals surface area contributed by atoms with Crippen LogP contribution in [-0.4, -0.2) is 95.9 Å². The molecule has 0 saturated carbocycles. The highest BCUT2D eigenvalue weighted by atomic mass is 16.5. The molecule has 2 N–H and O–H groups in total. The Balaban J connectivity index is 0.000000913. The highest BCUT2D eigenvalue weighted by molar-refractivity contribution is 5.81. The molecule has 0 aliphatic carbocycles. The number of carbonyl (C=O) groups is 2. The van der Waals surface area contributed by atoms with Gasteiger partial charge in [-0.2, -0.15) is 0 Å². The molecule has 2 aliphatic rings. The van der Waals surface area contributed by atoms with E-state index in [0.29, 0.717) is 13.2 Å². The van der Waals surface area contributed by atoms with E-state index in [1.807, 2.05) is 35.4 Å². The number of nitrogens with zero attached hydrogens (tertiary/aromatic N) is 4. The first kappa shape index (κ1) is 23.6. The van der Waals surface area contributed by atoms with E-state index in [0.717, 1.165) is 44.1 Å². The summed E-state index contributed by atoms with van der Waals surface area (Å²) >= 11 is 0. The number of aromatic nitrogens is 2. The van der Waals surface area contributed by atoms with Gasteiger partial charge in [0.1, 0.15) is 0 Å². The largest absolute Gasteiger partial charge is 0.483 e. The summed E-state index contributed by atoms with van der Waals surface area (Å²) in [5, 5.41) is 10.1. The van der Waals surface area contributed by atoms with Crippen molar-refractivity contribution in [1.82, 2.24) is 19.8 Å². The predicted molar refractivity (Wildman–Crippen MR) is 117 cm³/mol. The molecule has 0 unspecified atom stereocenters. The van der Waals surface area contributed by atoms with Crippen LogP contribution in [-0.2, 0) is 19.1 Å². The van der Waals surface area contributed by atoms with Crippen molar-refractivity contribution in [3.05, 3.63) is 54.6 Å². The van der Waals surface area contributed by atoms with Crippen molar-refractivity contribution < 1.29 is 24.2 Å². The van der Waals surface area contributed by atoms with Crippen LogP contribution in [0, 0.1) is 0 Å². The Morgan fingerprint density at radius 3 is 2.50 bits per heavy atom. The monoisotopic (exact) mass is 443 g/mol. The number of carboxylic acid groups (broad SMARTS) is 1. The quantitative estimate of drug-likeness (QED) is 0.628. The van der Waals surface area contributed by atoms with Crippen LogP contribution in [0.4, 0.5) is 5.69 Å². The summed E-state index contributed by atoms with van der Waals surface area (Å²) in [6, 6.07) is 7.51. The molecule has 10 nitrogen and oxygen atoms in total. The van der Waals surface area contributed by atoms with Crippen LogP contribution in [0.1, 0.15) is 11.6 Å². The minimum Gasteiger partial charge on any atom is -0.483 e. The fraction of sp³-hybridized carbons (Fsp3) is 0.455. The average molecular weight is 444 g/mol. The third kappa shape index (κ3) is 6.71. The van der Waals surface area contributed by atoms with Crippen LogP contribution in [0.3, 0.4) is 0 Å². The highest BCUT2D eigenvalue weighted by Crippen LogP contribution is 2.30. The van der Waals surface area contributed by atoms with Crippen molar-refractivity contribution in [1.29, 1.82) is 0 Å². The molecule has 2 aromatic heterocycles. The van der Waals surface area contributed by atoms with Gasteiger partial charge in [-0.1, -0.05) is 6.07 Å². The Morgan fingerprint density at radius 1 is 1.12 bits per heavy atom. The lowest BCUT2D eigenvalue weighted by atomic mass is 9.98. The topological polar surface area (TPSA) is 117 Å². The molecule has 32 heavy (non-hydrogen) atoms. The Kier molecular flexibility index (Phi) is 9.36. The second-order valence-corrected chi connectivity index (χ2v) is 7.34. The normalized spacial score (nSPS) is 21.2. The third-order valence-corrected chi connectivity index (χ3v) is 5.35. The molecule has 2 atom stereocenters. The van der Waals surface area contributed by atoms with E-state index in [4.69, 9.17) is 19.4 Å². The Bertz CT molecular complexity index is 820. The van der Waals surface area contributed by atoms with Crippen LogP contribution in [0.15, 0.2) is 49.1 Å². The lowest BCUT2D eigenvalue weighted by Gasteiger charge is -2.43. The van der Waals surface area contributed by atoms with Gasteiger partial charge >= 0.3 is 0 Å². The zero-order valence-electron chi connectivity index (χ0n) is 17.9. The molecule has 4 heterocycles. The van der Waals surface area contributed by atoms with Crippen molar-refractivity contribution in [2.24, 2.45) is 0 Å². The van der Waals surface area contributed by atoms with Crippen molar-refractivity contribution in [2.45, 2.75) is 12.1 Å². The minimum atomic E-state index is -0.250. The van der Waals surface area contributed by atoms with E-state index in [2.05, 4.69) is 20.2 Å². The van der Waals surface area contributed by atoms with Gasteiger partial charge in [0.25, 0.3) is 6.47 Å². The molecule has 10 heteroatoms. The minimum absolute atomic E-state index is 0.0398. The first-order valence-corrected chi connectivity index (χ1v) is 10.6. The summed E-state index contributed by atoms with van der Waals surface area (Å²) in [5.74, 6) is 0.0398. The van der Waals surface area contributed by atoms with Crippen molar-refractivity contribution in [3.8, 4) is 0 Å². The van der Waals surface area contributed by atoms with E-state index in [1.54, 1.807) is 18.6 Å². The van der Waals surface area contributed by atoms with Gasteiger partial charge < -0.3 is 24.8 Å². The second-order valence-electron chi connectivity index (χ2n) is 7.34. The summed E-state index contributed by atoms with van der Waals surface area (Å²) in [5.41, 5.74) is 1.83. The lowest BCUT2D eigenvalue weighted by molar-refractivity contribution is -0.147. The van der Waals surface area contributed by atoms with Crippen LogP contribution < -0.4 is 5.32 Å². The number of hydrogen-bond donors (Lipinski definition) is 2. The van der Waals surface area contributed by atoms with Gasteiger partial charge in [-0.3, -0.25) is 24.5 Å². The van der Waals surface area contributed by atoms with Gasteiger partial charge in [0.2, 0.25) is 5.91 Å². The summed E-state index contributed by atoms with van der Waals surface area (Å²) in [6.07, 6.45) is 6.91. The fourth-order valence-electron chi connectivity index (χ4n) is 3.90. The highest BCUT2D eigenvalue weighted by Gasteiger charge is 2.37. The van der Waals surface area contributed by atoms with Gasteiger partial charge in [0.15, 0.2) is 0 Å². The number of rotatable bonds is 6. The number of anilines is 1. The van der Waals surface area contributed by atoms with Crippen LogP contribution in [0.5, 0.6) is 0 Å². The molecule has 1 amide bonds. The zero-order chi connectivity index (χ0) is 22.6. The fourth-order valence-corrected chi connectivity index (χ4v) is 3.90. The average Bonchev–Trinajstić information content (AvgIpc) is 2.85. The molecule has 2 fully saturated rings. The van der Waals surface area contributed by atoms with Gasteiger partial charge in [-0.05, 0) is 23.8 Å². The lowest BCUT2D eigenvalue weighted by Crippen LogP contribution is -2.54. The van der Waals surface area contributed by atoms with Gasteiger partial charge in [-0.15, -0.1) is 0 Å². The molecule has 4 rings (SSSR count). The standard InChI is InChI=1S/C21H27N5O3.CH2O2/c27-20(15-24-18-4-2-6-23-14-18)26-9-12-29-19(16-25-7-10-28-11-8-25)21(26)17-3-1-5-22-13-17;2-1-3/h1-6,13-14,19,21,24H,7-12,15-16H2;1H,(H,2,3)/t19-,21-;/m0./s1. The maximum Gasteiger partial charge on any atom is 0.290 e. The number of morpholine rings is 2. The van der Waals surface area contributed by atoms with E-state index in [9.17, 15) is 4.79 Å². The van der Waals surface area contributed by atoms with Crippen molar-refractivity contribution in [2.75, 3.05) is 57.9 Å². The number of ether oxygens (including phenoxy) is 2. The maximum atomic E-state index is 13.1. The molecule has 172 valence electrons. The molecular weight excluding hydrogens is 414 g/mol. The first-order chi connectivity index (χ1) is 15.7. The van der Waals surface area contributed by atoms with E-state index < -0.39 is 0 Å². The molecule has 0 aromatic carbocycles. The molecule has 0 radical (unpaired) electrons. The maximum absolute atomic E-state index is 13.1. The number of hydrogen-bond acceptors (Lipinski definition) is 8. The summed E-state index contributed by atoms with van der Waals surface area (Å²) in [6.45, 7) is 5.07. The SMILES string of the molecule is O=C(CNc1cccnc1)N1CCO[C@@H](CN2CCOCC2)[C@@H]1c1cccnc1.O=CO. The van der Waals surface area contributed by atoms with E-state index in [1.165, 1.54) is 0 Å². The molecule has 2 saturated heterocycles. The number of nitrogens with one attached hydrogen (secondary N) is 1. The Labute approximate surface area is 187 Å². The van der Waals surface area contributed by atoms with Crippen LogP contribution in [0.25, 0.3) is 0 Å². The van der Waals surface area contributed by atoms with Gasteiger partial charge in [0, 0.05) is 51.0 Å². The number of amides is 1. The molecule has 0 bridgehead atoms. The Hall–Kier alpha value is -3.08. The summed E-state index contributed by atoms with van der Waals surface area (Å²) in [4.78, 5) is 34.1. The zero-order valence-corrected chi connectivity index (χ0v) is 17.9. The Morgan fingerprint density at radius 2 is 1.84 bits per heavy atom. The number of carbonyl (C=O) groups excluding carboxylic acids is 1. The summed E-state index contributed by atoms with van der Waals surface area (Å²) in [7, 11) is 0. The third-order valence-electron chi connectivity index (χ3n) is 5.35. The van der Waals surface area contributed by atoms with E-state index >= 15 is 0 Å². The molecule has 0 spiro atoms. The van der Waals surface area contributed by atoms with Gasteiger partial charge in [0.05, 0.1) is 44.2 Å². The first-order valence-electron chi connectivity index (χ1n) is 10.6. The molecular formula is C22H29N5O5. The summed E-state index contributed by atoms with van der Waals surface area (Å²) < 4.78 is 11.6.